The first-order valence-electron chi connectivity index (χ1n) is 10.7. The SMILES string of the molecule is Cc1c(Cl)ccc2c(C(=O)N3CCN(c4ccccc4)CC3)cc(-c3ccccn3)nc12. The number of benzene rings is 2. The Balaban J connectivity index is 1.50. The lowest BCUT2D eigenvalue weighted by atomic mass is 10.0. The highest BCUT2D eigenvalue weighted by Crippen LogP contribution is 2.30. The van der Waals surface area contributed by atoms with Crippen molar-refractivity contribution in [2.45, 2.75) is 6.92 Å². The van der Waals surface area contributed by atoms with Crippen molar-refractivity contribution in [2.75, 3.05) is 31.1 Å². The standard InChI is InChI=1S/C26H23ClN4O/c1-18-22(27)11-10-20-21(17-24(29-25(18)20)23-9-5-6-12-28-23)26(32)31-15-13-30(14-16-31)19-7-3-2-4-8-19/h2-12,17H,13-16H2,1H3. The number of aryl methyl sites for hydroxylation is 1. The molecule has 32 heavy (non-hydrogen) atoms. The first-order chi connectivity index (χ1) is 15.6. The van der Waals surface area contributed by atoms with Gasteiger partial charge in [-0.2, -0.15) is 0 Å². The van der Waals surface area contributed by atoms with E-state index in [-0.39, 0.29) is 5.91 Å². The van der Waals surface area contributed by atoms with Gasteiger partial charge in [0.05, 0.1) is 22.5 Å². The fourth-order valence-electron chi connectivity index (χ4n) is 4.20. The average Bonchev–Trinajstić information content (AvgIpc) is 2.86. The van der Waals surface area contributed by atoms with Gasteiger partial charge < -0.3 is 9.80 Å². The van der Waals surface area contributed by atoms with E-state index in [1.54, 1.807) is 6.20 Å². The molecule has 5 nitrogen and oxygen atoms in total. The van der Waals surface area contributed by atoms with Crippen molar-refractivity contribution in [2.24, 2.45) is 0 Å². The van der Waals surface area contributed by atoms with Crippen LogP contribution < -0.4 is 4.90 Å². The Morgan fingerprint density at radius 3 is 2.38 bits per heavy atom. The lowest BCUT2D eigenvalue weighted by molar-refractivity contribution is 0.0748. The van der Waals surface area contributed by atoms with E-state index in [0.717, 1.165) is 35.2 Å². The Kier molecular flexibility index (Phi) is 5.50. The van der Waals surface area contributed by atoms with Crippen molar-refractivity contribution in [3.63, 3.8) is 0 Å². The molecule has 4 aromatic rings. The van der Waals surface area contributed by atoms with Crippen molar-refractivity contribution in [3.05, 3.63) is 89.1 Å². The number of piperazine rings is 1. The summed E-state index contributed by atoms with van der Waals surface area (Å²) in [5, 5.41) is 1.46. The molecule has 2 aromatic heterocycles. The third-order valence-electron chi connectivity index (χ3n) is 6.01. The summed E-state index contributed by atoms with van der Waals surface area (Å²) in [5.74, 6) is 0.0176. The fourth-order valence-corrected chi connectivity index (χ4v) is 4.36. The molecule has 0 spiro atoms. The highest BCUT2D eigenvalue weighted by molar-refractivity contribution is 6.32. The second-order valence-electron chi connectivity index (χ2n) is 7.95. The van der Waals surface area contributed by atoms with E-state index in [1.807, 2.05) is 66.4 Å². The van der Waals surface area contributed by atoms with Gasteiger partial charge in [-0.25, -0.2) is 4.98 Å². The molecule has 6 heteroatoms. The summed E-state index contributed by atoms with van der Waals surface area (Å²) >= 11 is 6.38. The first-order valence-corrected chi connectivity index (χ1v) is 11.1. The smallest absolute Gasteiger partial charge is 0.254 e. The minimum Gasteiger partial charge on any atom is -0.368 e. The van der Waals surface area contributed by atoms with Crippen LogP contribution in [-0.2, 0) is 0 Å². The van der Waals surface area contributed by atoms with E-state index >= 15 is 0 Å². The van der Waals surface area contributed by atoms with Crippen LogP contribution >= 0.6 is 11.6 Å². The topological polar surface area (TPSA) is 49.3 Å². The van der Waals surface area contributed by atoms with Gasteiger partial charge in [-0.1, -0.05) is 41.9 Å². The third kappa shape index (κ3) is 3.80. The van der Waals surface area contributed by atoms with Gasteiger partial charge in [-0.3, -0.25) is 9.78 Å². The van der Waals surface area contributed by atoms with E-state index in [0.29, 0.717) is 29.4 Å². The molecule has 0 aliphatic carbocycles. The Bertz CT molecular complexity index is 1270. The molecular weight excluding hydrogens is 420 g/mol. The summed E-state index contributed by atoms with van der Waals surface area (Å²) in [5.41, 5.74) is 4.85. The van der Waals surface area contributed by atoms with Gasteiger partial charge in [0.1, 0.15) is 0 Å². The Labute approximate surface area is 192 Å². The number of anilines is 1. The summed E-state index contributed by atoms with van der Waals surface area (Å²) in [6.45, 7) is 4.88. The van der Waals surface area contributed by atoms with E-state index in [4.69, 9.17) is 16.6 Å². The van der Waals surface area contributed by atoms with Crippen LogP contribution in [0.15, 0.2) is 72.9 Å². The molecule has 1 amide bonds. The third-order valence-corrected chi connectivity index (χ3v) is 6.42. The van der Waals surface area contributed by atoms with Gasteiger partial charge in [0.2, 0.25) is 0 Å². The quantitative estimate of drug-likeness (QED) is 0.436. The zero-order valence-corrected chi connectivity index (χ0v) is 18.6. The van der Waals surface area contributed by atoms with E-state index in [2.05, 4.69) is 22.0 Å². The molecule has 1 saturated heterocycles. The molecule has 0 saturated carbocycles. The summed E-state index contributed by atoms with van der Waals surface area (Å²) in [4.78, 5) is 27.2. The highest BCUT2D eigenvalue weighted by atomic mass is 35.5. The van der Waals surface area contributed by atoms with Crippen molar-refractivity contribution in [1.29, 1.82) is 0 Å². The normalized spacial score (nSPS) is 14.1. The summed E-state index contributed by atoms with van der Waals surface area (Å²) in [7, 11) is 0. The van der Waals surface area contributed by atoms with Crippen LogP contribution in [0.4, 0.5) is 5.69 Å². The van der Waals surface area contributed by atoms with Gasteiger partial charge in [0.25, 0.3) is 5.91 Å². The van der Waals surface area contributed by atoms with E-state index in [1.165, 1.54) is 5.69 Å². The number of halogens is 1. The molecule has 0 bridgehead atoms. The lowest BCUT2D eigenvalue weighted by Crippen LogP contribution is -2.48. The Hall–Kier alpha value is -3.44. The van der Waals surface area contributed by atoms with Gasteiger partial charge in [0, 0.05) is 48.5 Å². The lowest BCUT2D eigenvalue weighted by Gasteiger charge is -2.36. The molecular formula is C26H23ClN4O. The number of rotatable bonds is 3. The number of hydrogen-bond donors (Lipinski definition) is 0. The van der Waals surface area contributed by atoms with Crippen LogP contribution in [-0.4, -0.2) is 47.0 Å². The Morgan fingerprint density at radius 1 is 0.906 bits per heavy atom. The maximum Gasteiger partial charge on any atom is 0.254 e. The molecule has 0 N–H and O–H groups in total. The highest BCUT2D eigenvalue weighted by Gasteiger charge is 2.25. The molecule has 3 heterocycles. The zero-order valence-electron chi connectivity index (χ0n) is 17.8. The molecule has 1 aliphatic heterocycles. The maximum atomic E-state index is 13.7. The molecule has 1 aliphatic rings. The number of fused-ring (bicyclic) bond motifs is 1. The van der Waals surface area contributed by atoms with E-state index in [9.17, 15) is 4.79 Å². The molecule has 1 fully saturated rings. The molecule has 0 unspecified atom stereocenters. The number of carbonyl (C=O) groups excluding carboxylic acids is 1. The van der Waals surface area contributed by atoms with Crippen molar-refractivity contribution < 1.29 is 4.79 Å². The molecule has 160 valence electrons. The number of aromatic nitrogens is 2. The largest absolute Gasteiger partial charge is 0.368 e. The fraction of sp³-hybridized carbons (Fsp3) is 0.192. The predicted octanol–water partition coefficient (Wildman–Crippen LogP) is 5.22. The molecule has 0 atom stereocenters. The van der Waals surface area contributed by atoms with Crippen molar-refractivity contribution in [1.82, 2.24) is 14.9 Å². The second kappa shape index (κ2) is 8.60. The minimum atomic E-state index is 0.0176. The molecule has 5 rings (SSSR count). The average molecular weight is 443 g/mol. The molecule has 0 radical (unpaired) electrons. The maximum absolute atomic E-state index is 13.7. The minimum absolute atomic E-state index is 0.0176. The van der Waals surface area contributed by atoms with Gasteiger partial charge >= 0.3 is 0 Å². The van der Waals surface area contributed by atoms with Crippen LogP contribution in [0.5, 0.6) is 0 Å². The number of amides is 1. The van der Waals surface area contributed by atoms with Crippen LogP contribution in [0.3, 0.4) is 0 Å². The van der Waals surface area contributed by atoms with Gasteiger partial charge in [-0.05, 0) is 48.9 Å². The number of carbonyl (C=O) groups is 1. The van der Waals surface area contributed by atoms with Gasteiger partial charge in [-0.15, -0.1) is 0 Å². The molecule has 2 aromatic carbocycles. The summed E-state index contributed by atoms with van der Waals surface area (Å²) in [6, 6.07) is 21.6. The monoisotopic (exact) mass is 442 g/mol. The van der Waals surface area contributed by atoms with Crippen LogP contribution in [0.1, 0.15) is 15.9 Å². The number of hydrogen-bond acceptors (Lipinski definition) is 4. The van der Waals surface area contributed by atoms with Crippen molar-refractivity contribution >= 4 is 34.1 Å². The summed E-state index contributed by atoms with van der Waals surface area (Å²) < 4.78 is 0. The summed E-state index contributed by atoms with van der Waals surface area (Å²) in [6.07, 6.45) is 1.73. The van der Waals surface area contributed by atoms with Crippen LogP contribution in [0.2, 0.25) is 5.02 Å². The first kappa shape index (κ1) is 20.5. The van der Waals surface area contributed by atoms with Crippen LogP contribution in [0.25, 0.3) is 22.3 Å². The zero-order chi connectivity index (χ0) is 22.1. The second-order valence-corrected chi connectivity index (χ2v) is 8.36. The van der Waals surface area contributed by atoms with E-state index < -0.39 is 0 Å². The van der Waals surface area contributed by atoms with Crippen LogP contribution in [0, 0.1) is 6.92 Å². The van der Waals surface area contributed by atoms with Crippen molar-refractivity contribution in [3.8, 4) is 11.4 Å². The number of nitrogens with zero attached hydrogens (tertiary/aromatic N) is 4. The predicted molar refractivity (Wildman–Crippen MR) is 129 cm³/mol. The number of para-hydroxylation sites is 1. The number of pyridine rings is 2. The van der Waals surface area contributed by atoms with Gasteiger partial charge in [0.15, 0.2) is 0 Å². The Morgan fingerprint density at radius 2 is 1.66 bits per heavy atom.